The lowest BCUT2D eigenvalue weighted by molar-refractivity contribution is 0.103. The Morgan fingerprint density at radius 3 is 2.88 bits per heavy atom. The van der Waals surface area contributed by atoms with E-state index < -0.39 is 0 Å². The molecule has 1 aliphatic carbocycles. The van der Waals surface area contributed by atoms with Crippen molar-refractivity contribution in [3.8, 4) is 11.4 Å². The summed E-state index contributed by atoms with van der Waals surface area (Å²) in [6.07, 6.45) is 6.29. The number of aromatic nitrogens is 3. The fourth-order valence-electron chi connectivity index (χ4n) is 3.10. The van der Waals surface area contributed by atoms with Crippen LogP contribution in [0.2, 0.25) is 0 Å². The Morgan fingerprint density at radius 2 is 2.08 bits per heavy atom. The molecule has 24 heavy (non-hydrogen) atoms. The van der Waals surface area contributed by atoms with Crippen LogP contribution in [0.4, 0.5) is 5.69 Å². The van der Waals surface area contributed by atoms with Crippen LogP contribution in [0.5, 0.6) is 0 Å². The van der Waals surface area contributed by atoms with Gasteiger partial charge in [0.2, 0.25) is 0 Å². The first-order valence-corrected chi connectivity index (χ1v) is 8.90. The van der Waals surface area contributed by atoms with Gasteiger partial charge in [-0.3, -0.25) is 4.79 Å². The predicted octanol–water partition coefficient (Wildman–Crippen LogP) is 3.67. The molecule has 0 saturated heterocycles. The van der Waals surface area contributed by atoms with Gasteiger partial charge >= 0.3 is 0 Å². The summed E-state index contributed by atoms with van der Waals surface area (Å²) in [6.45, 7) is 0. The van der Waals surface area contributed by atoms with Gasteiger partial charge in [-0.2, -0.15) is 0 Å². The molecule has 1 amide bonds. The lowest BCUT2D eigenvalue weighted by Crippen LogP contribution is -2.11. The minimum absolute atomic E-state index is 0.0518. The maximum Gasteiger partial charge on any atom is 0.265 e. The van der Waals surface area contributed by atoms with Crippen LogP contribution >= 0.6 is 11.3 Å². The van der Waals surface area contributed by atoms with Gasteiger partial charge in [-0.05, 0) is 49.4 Å². The van der Waals surface area contributed by atoms with Crippen molar-refractivity contribution in [1.82, 2.24) is 14.8 Å². The minimum atomic E-state index is -0.0518. The van der Waals surface area contributed by atoms with Crippen LogP contribution < -0.4 is 5.32 Å². The molecule has 2 aromatic heterocycles. The third-order valence-electron chi connectivity index (χ3n) is 4.35. The van der Waals surface area contributed by atoms with Crippen LogP contribution in [0, 0.1) is 0 Å². The number of para-hydroxylation sites is 1. The van der Waals surface area contributed by atoms with E-state index in [2.05, 4.69) is 21.6 Å². The summed E-state index contributed by atoms with van der Waals surface area (Å²) in [6, 6.07) is 9.74. The molecule has 2 heterocycles. The van der Waals surface area contributed by atoms with E-state index in [0.717, 1.165) is 34.8 Å². The molecular formula is C18H18N4OS. The van der Waals surface area contributed by atoms with Gasteiger partial charge in [0.25, 0.3) is 5.91 Å². The van der Waals surface area contributed by atoms with E-state index in [-0.39, 0.29) is 5.91 Å². The highest BCUT2D eigenvalue weighted by molar-refractivity contribution is 7.14. The number of rotatable bonds is 3. The highest BCUT2D eigenvalue weighted by atomic mass is 32.1. The highest BCUT2D eigenvalue weighted by Gasteiger charge is 2.19. The van der Waals surface area contributed by atoms with E-state index in [1.165, 1.54) is 23.3 Å². The van der Waals surface area contributed by atoms with E-state index in [4.69, 9.17) is 0 Å². The largest absolute Gasteiger partial charge is 0.321 e. The number of amides is 1. The van der Waals surface area contributed by atoms with Crippen molar-refractivity contribution < 1.29 is 4.79 Å². The molecule has 0 aliphatic heterocycles. The number of nitrogens with one attached hydrogen (secondary N) is 1. The zero-order valence-corrected chi connectivity index (χ0v) is 14.3. The van der Waals surface area contributed by atoms with Gasteiger partial charge < -0.3 is 9.88 Å². The number of fused-ring (bicyclic) bond motifs is 1. The molecule has 1 aliphatic rings. The molecule has 1 N–H and O–H groups in total. The van der Waals surface area contributed by atoms with Crippen LogP contribution in [0.15, 0.2) is 36.7 Å². The quantitative estimate of drug-likeness (QED) is 0.792. The van der Waals surface area contributed by atoms with Crippen molar-refractivity contribution >= 4 is 22.9 Å². The summed E-state index contributed by atoms with van der Waals surface area (Å²) in [5, 5.41) is 11.1. The topological polar surface area (TPSA) is 59.8 Å². The summed E-state index contributed by atoms with van der Waals surface area (Å²) in [5.74, 6) is 0.681. The van der Waals surface area contributed by atoms with Gasteiger partial charge in [0.1, 0.15) is 6.33 Å². The molecule has 6 heteroatoms. The van der Waals surface area contributed by atoms with Crippen LogP contribution in [0.25, 0.3) is 11.4 Å². The van der Waals surface area contributed by atoms with Gasteiger partial charge in [-0.1, -0.05) is 12.1 Å². The third-order valence-corrected chi connectivity index (χ3v) is 5.58. The predicted molar refractivity (Wildman–Crippen MR) is 95.4 cm³/mol. The lowest BCUT2D eigenvalue weighted by atomic mass is 9.99. The van der Waals surface area contributed by atoms with Crippen molar-refractivity contribution in [1.29, 1.82) is 0 Å². The Morgan fingerprint density at radius 1 is 1.25 bits per heavy atom. The second-order valence-electron chi connectivity index (χ2n) is 6.03. The molecule has 0 radical (unpaired) electrons. The minimum Gasteiger partial charge on any atom is -0.321 e. The molecule has 0 unspecified atom stereocenters. The third kappa shape index (κ3) is 2.73. The molecule has 0 saturated carbocycles. The fourth-order valence-corrected chi connectivity index (χ4v) is 4.25. The van der Waals surface area contributed by atoms with Gasteiger partial charge in [0.05, 0.1) is 10.6 Å². The van der Waals surface area contributed by atoms with Crippen molar-refractivity contribution in [3.63, 3.8) is 0 Å². The van der Waals surface area contributed by atoms with Gasteiger partial charge in [0, 0.05) is 17.5 Å². The number of nitrogens with zero attached hydrogens (tertiary/aromatic N) is 3. The van der Waals surface area contributed by atoms with Crippen LogP contribution in [0.1, 0.15) is 33.0 Å². The average molecular weight is 338 g/mol. The average Bonchev–Trinajstić information content (AvgIpc) is 3.21. The number of thiophene rings is 1. The van der Waals surface area contributed by atoms with Crippen LogP contribution in [0.3, 0.4) is 0 Å². The summed E-state index contributed by atoms with van der Waals surface area (Å²) in [5.41, 5.74) is 2.97. The fraction of sp³-hybridized carbons (Fsp3) is 0.278. The molecule has 0 bridgehead atoms. The maximum atomic E-state index is 12.7. The van der Waals surface area contributed by atoms with Crippen molar-refractivity contribution in [2.24, 2.45) is 7.05 Å². The monoisotopic (exact) mass is 338 g/mol. The first kappa shape index (κ1) is 15.1. The first-order valence-electron chi connectivity index (χ1n) is 8.09. The van der Waals surface area contributed by atoms with E-state index in [1.54, 1.807) is 17.7 Å². The number of aryl methyl sites for hydroxylation is 3. The molecule has 4 rings (SSSR count). The zero-order chi connectivity index (χ0) is 16.5. The molecule has 122 valence electrons. The number of anilines is 1. The molecular weight excluding hydrogens is 320 g/mol. The summed E-state index contributed by atoms with van der Waals surface area (Å²) in [7, 11) is 1.89. The number of carbonyl (C=O) groups is 1. The zero-order valence-electron chi connectivity index (χ0n) is 13.5. The van der Waals surface area contributed by atoms with E-state index in [0.29, 0.717) is 0 Å². The standard InChI is InChI=1S/C18H18N4OS/c1-22-11-19-21-17(22)13-7-3-4-8-14(13)20-18(23)16-10-12-6-2-5-9-15(12)24-16/h3-4,7-8,10-11H,2,5-6,9H2,1H3,(H,20,23). The summed E-state index contributed by atoms with van der Waals surface area (Å²) < 4.78 is 1.84. The normalized spacial score (nSPS) is 13.5. The Kier molecular flexibility index (Phi) is 3.90. The highest BCUT2D eigenvalue weighted by Crippen LogP contribution is 2.31. The second kappa shape index (κ2) is 6.20. The SMILES string of the molecule is Cn1cnnc1-c1ccccc1NC(=O)c1cc2c(s1)CCCC2. The van der Waals surface area contributed by atoms with E-state index in [9.17, 15) is 4.79 Å². The molecule has 0 atom stereocenters. The Labute approximate surface area is 144 Å². The molecule has 1 aromatic carbocycles. The van der Waals surface area contributed by atoms with Gasteiger partial charge in [-0.15, -0.1) is 21.5 Å². The first-order chi connectivity index (χ1) is 11.7. The van der Waals surface area contributed by atoms with E-state index in [1.807, 2.05) is 35.9 Å². The Hall–Kier alpha value is -2.47. The van der Waals surface area contributed by atoms with Crippen LogP contribution in [-0.4, -0.2) is 20.7 Å². The number of carbonyl (C=O) groups excluding carboxylic acids is 1. The smallest absolute Gasteiger partial charge is 0.265 e. The second-order valence-corrected chi connectivity index (χ2v) is 7.17. The lowest BCUT2D eigenvalue weighted by Gasteiger charge is -2.09. The van der Waals surface area contributed by atoms with Crippen molar-refractivity contribution in [2.45, 2.75) is 25.7 Å². The Balaban J connectivity index is 1.63. The van der Waals surface area contributed by atoms with Crippen LogP contribution in [-0.2, 0) is 19.9 Å². The number of hydrogen-bond donors (Lipinski definition) is 1. The molecule has 5 nitrogen and oxygen atoms in total. The number of benzene rings is 1. The number of hydrogen-bond acceptors (Lipinski definition) is 4. The van der Waals surface area contributed by atoms with Gasteiger partial charge in [0.15, 0.2) is 5.82 Å². The molecule has 0 fully saturated rings. The van der Waals surface area contributed by atoms with E-state index >= 15 is 0 Å². The molecule has 3 aromatic rings. The van der Waals surface area contributed by atoms with Crippen molar-refractivity contribution in [3.05, 3.63) is 52.0 Å². The summed E-state index contributed by atoms with van der Waals surface area (Å²) in [4.78, 5) is 14.9. The van der Waals surface area contributed by atoms with Gasteiger partial charge in [-0.25, -0.2) is 0 Å². The van der Waals surface area contributed by atoms with Crippen molar-refractivity contribution in [2.75, 3.05) is 5.32 Å². The maximum absolute atomic E-state index is 12.7. The molecule has 0 spiro atoms. The summed E-state index contributed by atoms with van der Waals surface area (Å²) >= 11 is 1.62. The Bertz CT molecular complexity index is 873.